The third-order valence-corrected chi connectivity index (χ3v) is 3.77. The molecule has 2 rings (SSSR count). The molecule has 1 atom stereocenters. The molecule has 2 fully saturated rings. The van der Waals surface area contributed by atoms with Gasteiger partial charge in [-0.25, -0.2) is 0 Å². The van der Waals surface area contributed by atoms with Gasteiger partial charge in [0.1, 0.15) is 5.41 Å². The van der Waals surface area contributed by atoms with Gasteiger partial charge >= 0.3 is 0 Å². The topological polar surface area (TPSA) is 56.1 Å². The number of nitrogens with zero attached hydrogens (tertiary/aromatic N) is 2. The molecule has 16 heavy (non-hydrogen) atoms. The van der Waals surface area contributed by atoms with E-state index in [0.717, 1.165) is 12.8 Å². The molecule has 2 saturated carbocycles. The van der Waals surface area contributed by atoms with Gasteiger partial charge in [-0.1, -0.05) is 0 Å². The Balaban J connectivity index is 1.74. The number of hydrogen-bond acceptors (Lipinski definition) is 3. The predicted octanol–water partition coefficient (Wildman–Crippen LogP) is 0.889. The SMILES string of the molecule is CC(CNC(=O)C1(C#N)CC1)N(C)C1CC1. The number of nitrogens with one attached hydrogen (secondary N) is 1. The molecule has 4 nitrogen and oxygen atoms in total. The van der Waals surface area contributed by atoms with Crippen LogP contribution in [0.25, 0.3) is 0 Å². The maximum absolute atomic E-state index is 11.7. The quantitative estimate of drug-likeness (QED) is 0.750. The molecule has 88 valence electrons. The fourth-order valence-corrected chi connectivity index (χ4v) is 1.91. The van der Waals surface area contributed by atoms with Gasteiger partial charge in [0.15, 0.2) is 0 Å². The second-order valence-corrected chi connectivity index (χ2v) is 5.15. The van der Waals surface area contributed by atoms with Crippen molar-refractivity contribution in [3.05, 3.63) is 0 Å². The first-order valence-corrected chi connectivity index (χ1v) is 6.00. The zero-order valence-corrected chi connectivity index (χ0v) is 9.99. The lowest BCUT2D eigenvalue weighted by Gasteiger charge is -2.25. The summed E-state index contributed by atoms with van der Waals surface area (Å²) < 4.78 is 0. The molecule has 2 aliphatic rings. The van der Waals surface area contributed by atoms with E-state index in [9.17, 15) is 4.79 Å². The largest absolute Gasteiger partial charge is 0.353 e. The summed E-state index contributed by atoms with van der Waals surface area (Å²) in [6.07, 6.45) is 4.00. The second kappa shape index (κ2) is 4.06. The summed E-state index contributed by atoms with van der Waals surface area (Å²) in [5.74, 6) is -0.0777. The molecule has 0 aromatic rings. The summed E-state index contributed by atoms with van der Waals surface area (Å²) in [6.45, 7) is 2.76. The smallest absolute Gasteiger partial charge is 0.240 e. The monoisotopic (exact) mass is 221 g/mol. The van der Waals surface area contributed by atoms with Crippen LogP contribution in [0.15, 0.2) is 0 Å². The van der Waals surface area contributed by atoms with Gasteiger partial charge < -0.3 is 5.32 Å². The lowest BCUT2D eigenvalue weighted by molar-refractivity contribution is -0.124. The molecule has 0 radical (unpaired) electrons. The third-order valence-electron chi connectivity index (χ3n) is 3.77. The molecule has 0 aliphatic heterocycles. The standard InChI is InChI=1S/C12H19N3O/c1-9(15(2)10-3-4-10)7-14-11(16)12(8-13)5-6-12/h9-10H,3-7H2,1-2H3,(H,14,16). The van der Waals surface area contributed by atoms with Gasteiger partial charge in [0.05, 0.1) is 6.07 Å². The highest BCUT2D eigenvalue weighted by Crippen LogP contribution is 2.44. The summed E-state index contributed by atoms with van der Waals surface area (Å²) in [5.41, 5.74) is -0.683. The third kappa shape index (κ3) is 2.19. The zero-order chi connectivity index (χ0) is 11.8. The fourth-order valence-electron chi connectivity index (χ4n) is 1.91. The molecule has 1 N–H and O–H groups in total. The average molecular weight is 221 g/mol. The van der Waals surface area contributed by atoms with Gasteiger partial charge in [-0.15, -0.1) is 0 Å². The highest BCUT2D eigenvalue weighted by Gasteiger charge is 2.50. The second-order valence-electron chi connectivity index (χ2n) is 5.15. The first-order valence-electron chi connectivity index (χ1n) is 6.00. The van der Waals surface area contributed by atoms with Gasteiger partial charge in [0.25, 0.3) is 0 Å². The Labute approximate surface area is 96.6 Å². The Bertz CT molecular complexity index is 326. The Morgan fingerprint density at radius 2 is 2.25 bits per heavy atom. The molecule has 0 aromatic heterocycles. The summed E-state index contributed by atoms with van der Waals surface area (Å²) >= 11 is 0. The van der Waals surface area contributed by atoms with E-state index in [1.165, 1.54) is 12.8 Å². The molecular weight excluding hydrogens is 202 g/mol. The van der Waals surface area contributed by atoms with Crippen molar-refractivity contribution in [1.29, 1.82) is 5.26 Å². The Kier molecular flexibility index (Phi) is 2.90. The molecule has 2 aliphatic carbocycles. The van der Waals surface area contributed by atoms with E-state index in [2.05, 4.69) is 30.3 Å². The lowest BCUT2D eigenvalue weighted by atomic mass is 10.1. The van der Waals surface area contributed by atoms with Gasteiger partial charge in [-0.3, -0.25) is 9.69 Å². The number of nitriles is 1. The van der Waals surface area contributed by atoms with E-state index in [1.807, 2.05) is 0 Å². The number of rotatable bonds is 5. The molecule has 0 saturated heterocycles. The molecule has 0 aromatic carbocycles. The number of hydrogen-bond donors (Lipinski definition) is 1. The summed E-state index contributed by atoms with van der Waals surface area (Å²) in [5, 5.41) is 11.8. The van der Waals surface area contributed by atoms with E-state index in [-0.39, 0.29) is 5.91 Å². The maximum atomic E-state index is 11.7. The Hall–Kier alpha value is -1.08. The van der Waals surface area contributed by atoms with Crippen molar-refractivity contribution in [3.8, 4) is 6.07 Å². The van der Waals surface area contributed by atoms with Gasteiger partial charge in [0, 0.05) is 18.6 Å². The average Bonchev–Trinajstić information content (AvgIpc) is 3.17. The Morgan fingerprint density at radius 3 is 2.69 bits per heavy atom. The zero-order valence-electron chi connectivity index (χ0n) is 9.99. The molecule has 0 heterocycles. The summed E-state index contributed by atoms with van der Waals surface area (Å²) in [7, 11) is 2.10. The van der Waals surface area contributed by atoms with Crippen LogP contribution in [0.3, 0.4) is 0 Å². The highest BCUT2D eigenvalue weighted by atomic mass is 16.2. The van der Waals surface area contributed by atoms with E-state index in [1.54, 1.807) is 0 Å². The number of likely N-dealkylation sites (N-methyl/N-ethyl adjacent to an activating group) is 1. The van der Waals surface area contributed by atoms with E-state index in [4.69, 9.17) is 5.26 Å². The minimum absolute atomic E-state index is 0.0777. The van der Waals surface area contributed by atoms with Crippen LogP contribution < -0.4 is 5.32 Å². The van der Waals surface area contributed by atoms with Crippen molar-refractivity contribution in [3.63, 3.8) is 0 Å². The van der Waals surface area contributed by atoms with Crippen molar-refractivity contribution in [2.75, 3.05) is 13.6 Å². The van der Waals surface area contributed by atoms with E-state index >= 15 is 0 Å². The molecule has 1 amide bonds. The number of carbonyl (C=O) groups excluding carboxylic acids is 1. The van der Waals surface area contributed by atoms with Crippen LogP contribution in [-0.2, 0) is 4.79 Å². The van der Waals surface area contributed by atoms with Crippen molar-refractivity contribution in [1.82, 2.24) is 10.2 Å². The number of amides is 1. The molecule has 0 bridgehead atoms. The van der Waals surface area contributed by atoms with Crippen LogP contribution in [0.1, 0.15) is 32.6 Å². The fraction of sp³-hybridized carbons (Fsp3) is 0.833. The van der Waals surface area contributed by atoms with Crippen LogP contribution in [0, 0.1) is 16.7 Å². The highest BCUT2D eigenvalue weighted by molar-refractivity contribution is 5.88. The van der Waals surface area contributed by atoms with Gasteiger partial charge in [-0.05, 0) is 39.7 Å². The summed E-state index contributed by atoms with van der Waals surface area (Å²) in [6, 6.07) is 3.17. The molecule has 0 spiro atoms. The van der Waals surface area contributed by atoms with Crippen molar-refractivity contribution < 1.29 is 4.79 Å². The van der Waals surface area contributed by atoms with Gasteiger partial charge in [-0.2, -0.15) is 5.26 Å². The maximum Gasteiger partial charge on any atom is 0.240 e. The van der Waals surface area contributed by atoms with Gasteiger partial charge in [0.2, 0.25) is 5.91 Å². The van der Waals surface area contributed by atoms with Crippen LogP contribution in [-0.4, -0.2) is 36.5 Å². The van der Waals surface area contributed by atoms with Crippen molar-refractivity contribution >= 4 is 5.91 Å². The molecule has 1 unspecified atom stereocenters. The van der Waals surface area contributed by atoms with E-state index < -0.39 is 5.41 Å². The predicted molar refractivity (Wildman–Crippen MR) is 60.5 cm³/mol. The lowest BCUT2D eigenvalue weighted by Crippen LogP contribution is -2.43. The minimum atomic E-state index is -0.683. The van der Waals surface area contributed by atoms with Crippen LogP contribution in [0.2, 0.25) is 0 Å². The first kappa shape index (κ1) is 11.4. The number of carbonyl (C=O) groups is 1. The molecule has 4 heteroatoms. The van der Waals surface area contributed by atoms with Crippen LogP contribution >= 0.6 is 0 Å². The van der Waals surface area contributed by atoms with Crippen LogP contribution in [0.5, 0.6) is 0 Å². The molecular formula is C12H19N3O. The normalized spacial score (nSPS) is 23.6. The first-order chi connectivity index (χ1) is 7.59. The summed E-state index contributed by atoms with van der Waals surface area (Å²) in [4.78, 5) is 14.0. The van der Waals surface area contributed by atoms with E-state index in [0.29, 0.717) is 18.6 Å². The minimum Gasteiger partial charge on any atom is -0.353 e. The van der Waals surface area contributed by atoms with Crippen molar-refractivity contribution in [2.45, 2.75) is 44.7 Å². The van der Waals surface area contributed by atoms with Crippen molar-refractivity contribution in [2.24, 2.45) is 5.41 Å². The Morgan fingerprint density at radius 1 is 1.62 bits per heavy atom. The van der Waals surface area contributed by atoms with Crippen LogP contribution in [0.4, 0.5) is 0 Å².